The molecule has 0 spiro atoms. The minimum absolute atomic E-state index is 0.104. The zero-order valence-electron chi connectivity index (χ0n) is 17.5. The standard InChI is InChI=1S/C11H11N3O3.C9H8BrN3O2/c1-3-17-11(16)9-4-10-12-5-8(7(2)15)6-14(10)13-9;1-2-15-9(14)7-3-8-11-4-6(10)5-13(8)12-7/h4-6H,3H2,1-2H3;3-5H,2H2,1H3. The van der Waals surface area contributed by atoms with Crippen LogP contribution in [0.4, 0.5) is 0 Å². The van der Waals surface area contributed by atoms with Crippen LogP contribution in [0.25, 0.3) is 11.3 Å². The number of hydrogen-bond donors (Lipinski definition) is 0. The lowest BCUT2D eigenvalue weighted by atomic mass is 10.2. The van der Waals surface area contributed by atoms with Gasteiger partial charge in [-0.1, -0.05) is 0 Å². The number of halogens is 1. The second-order valence-corrected chi connectivity index (χ2v) is 7.19. The molecule has 0 unspecified atom stereocenters. The predicted molar refractivity (Wildman–Crippen MR) is 116 cm³/mol. The largest absolute Gasteiger partial charge is 0.461 e. The highest BCUT2D eigenvalue weighted by Crippen LogP contribution is 2.11. The second-order valence-electron chi connectivity index (χ2n) is 6.28. The molecular weight excluding hydrogens is 484 g/mol. The Kier molecular flexibility index (Phi) is 7.25. The number of fused-ring (bicyclic) bond motifs is 2. The van der Waals surface area contributed by atoms with Crippen LogP contribution < -0.4 is 0 Å². The minimum atomic E-state index is -0.498. The predicted octanol–water partition coefficient (Wildman–Crippen LogP) is 2.78. The molecular formula is C20H19BrN6O5. The number of esters is 2. The molecule has 0 aromatic carbocycles. The van der Waals surface area contributed by atoms with Crippen molar-refractivity contribution in [2.75, 3.05) is 13.2 Å². The van der Waals surface area contributed by atoms with Crippen LogP contribution in [-0.2, 0) is 9.47 Å². The molecule has 0 fully saturated rings. The van der Waals surface area contributed by atoms with Crippen molar-refractivity contribution in [3.05, 3.63) is 58.3 Å². The third kappa shape index (κ3) is 5.32. The van der Waals surface area contributed by atoms with Gasteiger partial charge in [-0.05, 0) is 36.7 Å². The normalized spacial score (nSPS) is 10.5. The Morgan fingerprint density at radius 2 is 1.38 bits per heavy atom. The van der Waals surface area contributed by atoms with Gasteiger partial charge in [0.15, 0.2) is 28.5 Å². The molecule has 0 saturated heterocycles. The molecule has 0 radical (unpaired) electrons. The fourth-order valence-electron chi connectivity index (χ4n) is 2.52. The van der Waals surface area contributed by atoms with Crippen LogP contribution in [0.5, 0.6) is 0 Å². The molecule has 0 aliphatic carbocycles. The summed E-state index contributed by atoms with van der Waals surface area (Å²) < 4.78 is 13.4. The average molecular weight is 503 g/mol. The molecule has 32 heavy (non-hydrogen) atoms. The van der Waals surface area contributed by atoms with E-state index in [0.717, 1.165) is 4.47 Å². The van der Waals surface area contributed by atoms with Crippen molar-refractivity contribution in [1.82, 2.24) is 29.2 Å². The van der Waals surface area contributed by atoms with Crippen LogP contribution in [0.2, 0.25) is 0 Å². The summed E-state index contributed by atoms with van der Waals surface area (Å²) >= 11 is 3.27. The summed E-state index contributed by atoms with van der Waals surface area (Å²) in [4.78, 5) is 42.1. The molecule has 4 aromatic rings. The highest BCUT2D eigenvalue weighted by molar-refractivity contribution is 9.10. The maximum Gasteiger partial charge on any atom is 0.358 e. The van der Waals surface area contributed by atoms with Crippen molar-refractivity contribution in [2.45, 2.75) is 20.8 Å². The first-order chi connectivity index (χ1) is 15.3. The maximum absolute atomic E-state index is 11.4. The molecule has 0 amide bonds. The number of carbonyl (C=O) groups excluding carboxylic acids is 3. The van der Waals surface area contributed by atoms with E-state index in [-0.39, 0.29) is 17.2 Å². The van der Waals surface area contributed by atoms with Gasteiger partial charge in [0.25, 0.3) is 0 Å². The fraction of sp³-hybridized carbons (Fsp3) is 0.250. The third-order valence-corrected chi connectivity index (χ3v) is 4.38. The van der Waals surface area contributed by atoms with Crippen LogP contribution in [0, 0.1) is 0 Å². The molecule has 0 saturated carbocycles. The van der Waals surface area contributed by atoms with Gasteiger partial charge in [-0.15, -0.1) is 0 Å². The summed E-state index contributed by atoms with van der Waals surface area (Å²) in [6.07, 6.45) is 6.36. The van der Waals surface area contributed by atoms with Crippen LogP contribution in [0.1, 0.15) is 52.1 Å². The lowest BCUT2D eigenvalue weighted by Crippen LogP contribution is -2.05. The third-order valence-electron chi connectivity index (χ3n) is 3.97. The fourth-order valence-corrected chi connectivity index (χ4v) is 2.82. The number of aromatic nitrogens is 6. The lowest BCUT2D eigenvalue weighted by molar-refractivity contribution is 0.0509. The molecule has 11 nitrogen and oxygen atoms in total. The number of carbonyl (C=O) groups is 3. The van der Waals surface area contributed by atoms with E-state index in [1.54, 1.807) is 32.3 Å². The van der Waals surface area contributed by atoms with Gasteiger partial charge in [0.1, 0.15) is 0 Å². The van der Waals surface area contributed by atoms with Gasteiger partial charge in [-0.2, -0.15) is 10.2 Å². The number of ketones is 1. The summed E-state index contributed by atoms with van der Waals surface area (Å²) in [5.41, 5.74) is 2.00. The number of ether oxygens (including phenoxy) is 2. The molecule has 0 bridgehead atoms. The van der Waals surface area contributed by atoms with Gasteiger partial charge in [-0.25, -0.2) is 28.6 Å². The first kappa shape index (κ1) is 23.0. The molecule has 0 atom stereocenters. The van der Waals surface area contributed by atoms with Crippen molar-refractivity contribution in [1.29, 1.82) is 0 Å². The van der Waals surface area contributed by atoms with Gasteiger partial charge in [0.05, 0.1) is 23.2 Å². The highest BCUT2D eigenvalue weighted by atomic mass is 79.9. The smallest absolute Gasteiger partial charge is 0.358 e. The van der Waals surface area contributed by atoms with Crippen molar-refractivity contribution in [3.8, 4) is 0 Å². The van der Waals surface area contributed by atoms with Gasteiger partial charge in [0, 0.05) is 36.9 Å². The van der Waals surface area contributed by atoms with E-state index in [2.05, 4.69) is 36.1 Å². The van der Waals surface area contributed by atoms with E-state index in [1.165, 1.54) is 34.4 Å². The van der Waals surface area contributed by atoms with Crippen LogP contribution in [0.3, 0.4) is 0 Å². The van der Waals surface area contributed by atoms with E-state index < -0.39 is 11.9 Å². The molecule has 4 rings (SSSR count). The molecule has 166 valence electrons. The summed E-state index contributed by atoms with van der Waals surface area (Å²) in [6.45, 7) is 5.55. The van der Waals surface area contributed by atoms with Crippen LogP contribution >= 0.6 is 15.9 Å². The van der Waals surface area contributed by atoms with Crippen LogP contribution in [0.15, 0.2) is 41.4 Å². The van der Waals surface area contributed by atoms with Gasteiger partial charge < -0.3 is 9.47 Å². The topological polar surface area (TPSA) is 130 Å². The summed E-state index contributed by atoms with van der Waals surface area (Å²) in [5, 5.41) is 8.04. The number of nitrogens with zero attached hydrogens (tertiary/aromatic N) is 6. The maximum atomic E-state index is 11.4. The first-order valence-electron chi connectivity index (χ1n) is 9.54. The molecule has 0 aliphatic rings. The molecule has 4 heterocycles. The van der Waals surface area contributed by atoms with E-state index >= 15 is 0 Å². The molecule has 12 heteroatoms. The Hall–Kier alpha value is -3.67. The minimum Gasteiger partial charge on any atom is -0.461 e. The van der Waals surface area contributed by atoms with Crippen molar-refractivity contribution < 1.29 is 23.9 Å². The van der Waals surface area contributed by atoms with E-state index in [0.29, 0.717) is 30.1 Å². The summed E-state index contributed by atoms with van der Waals surface area (Å²) in [7, 11) is 0. The van der Waals surface area contributed by atoms with Crippen molar-refractivity contribution in [2.24, 2.45) is 0 Å². The van der Waals surface area contributed by atoms with Crippen LogP contribution in [-0.4, -0.2) is 60.1 Å². The van der Waals surface area contributed by atoms with Crippen molar-refractivity contribution >= 4 is 44.9 Å². The Morgan fingerprint density at radius 3 is 1.88 bits per heavy atom. The number of hydrogen-bond acceptors (Lipinski definition) is 9. The summed E-state index contributed by atoms with van der Waals surface area (Å²) in [6, 6.07) is 3.10. The average Bonchev–Trinajstić information content (AvgIpc) is 3.37. The first-order valence-corrected chi connectivity index (χ1v) is 10.3. The second kappa shape index (κ2) is 10.1. The molecule has 0 N–H and O–H groups in total. The van der Waals surface area contributed by atoms with Crippen molar-refractivity contribution in [3.63, 3.8) is 0 Å². The quantitative estimate of drug-likeness (QED) is 0.298. The van der Waals surface area contributed by atoms with Gasteiger partial charge in [-0.3, -0.25) is 4.79 Å². The Bertz CT molecular complexity index is 1300. The zero-order chi connectivity index (χ0) is 23.3. The van der Waals surface area contributed by atoms with E-state index in [9.17, 15) is 14.4 Å². The Morgan fingerprint density at radius 1 is 0.875 bits per heavy atom. The summed E-state index contributed by atoms with van der Waals surface area (Å²) in [5.74, 6) is -1.03. The number of Topliss-reactive ketones (excluding diaryl/α,β-unsaturated/α-hetero) is 1. The van der Waals surface area contributed by atoms with Gasteiger partial charge >= 0.3 is 11.9 Å². The zero-order valence-corrected chi connectivity index (χ0v) is 19.1. The molecule has 0 aliphatic heterocycles. The highest BCUT2D eigenvalue weighted by Gasteiger charge is 2.13. The Balaban J connectivity index is 0.000000182. The lowest BCUT2D eigenvalue weighted by Gasteiger charge is -1.96. The number of rotatable bonds is 5. The van der Waals surface area contributed by atoms with E-state index in [4.69, 9.17) is 9.47 Å². The Labute approximate surface area is 190 Å². The molecule has 4 aromatic heterocycles. The monoisotopic (exact) mass is 502 g/mol. The SMILES string of the molecule is CCOC(=O)c1cc2ncc(Br)cn2n1.CCOC(=O)c1cc2ncc(C(C)=O)cn2n1. The van der Waals surface area contributed by atoms with Gasteiger partial charge in [0.2, 0.25) is 0 Å². The van der Waals surface area contributed by atoms with E-state index in [1.807, 2.05) is 0 Å².